The second kappa shape index (κ2) is 6.57. The zero-order chi connectivity index (χ0) is 17.2. The van der Waals surface area contributed by atoms with E-state index in [1.807, 2.05) is 12.1 Å². The molecule has 0 saturated heterocycles. The molecule has 24 heavy (non-hydrogen) atoms. The summed E-state index contributed by atoms with van der Waals surface area (Å²) in [6.07, 6.45) is 5.66. The Morgan fingerprint density at radius 1 is 1.33 bits per heavy atom. The molecule has 2 aromatic rings. The Kier molecular flexibility index (Phi) is 4.49. The van der Waals surface area contributed by atoms with Crippen molar-refractivity contribution >= 4 is 5.91 Å². The average Bonchev–Trinajstić information content (AvgIpc) is 3.39. The Morgan fingerprint density at radius 3 is 2.67 bits per heavy atom. The third-order valence-electron chi connectivity index (χ3n) is 4.33. The Labute approximate surface area is 140 Å². The van der Waals surface area contributed by atoms with Gasteiger partial charge in [0.15, 0.2) is 0 Å². The molecular formula is C18H21N3O3. The van der Waals surface area contributed by atoms with E-state index in [0.717, 1.165) is 18.4 Å². The standard InChI is InChI=1S/C18H21N3O3/c1-18(23,13-2-3-13)10-15-14(17(19)22)4-5-16(21-15)24-11-12-6-8-20-9-7-12/h4-9,13,23H,2-3,10-11H2,1H3,(H2,19,22)/t18-/m0/s1. The normalized spacial score (nSPS) is 16.4. The lowest BCUT2D eigenvalue weighted by atomic mass is 9.92. The van der Waals surface area contributed by atoms with E-state index in [0.29, 0.717) is 23.7 Å². The van der Waals surface area contributed by atoms with Crippen molar-refractivity contribution in [2.24, 2.45) is 11.7 Å². The molecule has 1 atom stereocenters. The number of amides is 1. The minimum atomic E-state index is -0.888. The van der Waals surface area contributed by atoms with Crippen LogP contribution in [-0.4, -0.2) is 26.6 Å². The molecule has 1 fully saturated rings. The van der Waals surface area contributed by atoms with Gasteiger partial charge in [-0.2, -0.15) is 0 Å². The molecule has 6 nitrogen and oxygen atoms in total. The molecule has 0 aliphatic heterocycles. The van der Waals surface area contributed by atoms with E-state index in [1.54, 1.807) is 31.5 Å². The van der Waals surface area contributed by atoms with E-state index < -0.39 is 11.5 Å². The summed E-state index contributed by atoms with van der Waals surface area (Å²) in [5.74, 6) is 0.101. The first-order valence-corrected chi connectivity index (χ1v) is 7.99. The summed E-state index contributed by atoms with van der Waals surface area (Å²) in [6.45, 7) is 2.13. The maximum Gasteiger partial charge on any atom is 0.250 e. The maximum absolute atomic E-state index is 11.6. The van der Waals surface area contributed by atoms with Crippen molar-refractivity contribution < 1.29 is 14.6 Å². The fourth-order valence-electron chi connectivity index (χ4n) is 2.75. The number of pyridine rings is 2. The molecule has 0 spiro atoms. The van der Waals surface area contributed by atoms with Crippen molar-refractivity contribution in [3.63, 3.8) is 0 Å². The molecule has 0 radical (unpaired) electrons. The van der Waals surface area contributed by atoms with Gasteiger partial charge in [-0.25, -0.2) is 4.98 Å². The van der Waals surface area contributed by atoms with Crippen LogP contribution in [0.1, 0.15) is 41.4 Å². The Balaban J connectivity index is 1.78. The minimum Gasteiger partial charge on any atom is -0.473 e. The Bertz CT molecular complexity index is 728. The van der Waals surface area contributed by atoms with Crippen LogP contribution < -0.4 is 10.5 Å². The highest BCUT2D eigenvalue weighted by molar-refractivity contribution is 5.94. The van der Waals surface area contributed by atoms with Crippen LogP contribution in [0, 0.1) is 5.92 Å². The SMILES string of the molecule is C[C@](O)(Cc1nc(OCc2ccncc2)ccc1C(N)=O)C1CC1. The van der Waals surface area contributed by atoms with E-state index in [2.05, 4.69) is 9.97 Å². The topological polar surface area (TPSA) is 98.3 Å². The van der Waals surface area contributed by atoms with E-state index in [4.69, 9.17) is 10.5 Å². The summed E-state index contributed by atoms with van der Waals surface area (Å²) >= 11 is 0. The molecule has 2 heterocycles. The molecule has 6 heteroatoms. The summed E-state index contributed by atoms with van der Waals surface area (Å²) < 4.78 is 5.69. The lowest BCUT2D eigenvalue weighted by molar-refractivity contribution is 0.0359. The lowest BCUT2D eigenvalue weighted by Crippen LogP contribution is -2.31. The summed E-state index contributed by atoms with van der Waals surface area (Å²) in [7, 11) is 0. The highest BCUT2D eigenvalue weighted by Crippen LogP contribution is 2.41. The van der Waals surface area contributed by atoms with Gasteiger partial charge in [0.1, 0.15) is 6.61 Å². The number of carbonyl (C=O) groups is 1. The van der Waals surface area contributed by atoms with Crippen molar-refractivity contribution in [1.29, 1.82) is 0 Å². The molecule has 2 aromatic heterocycles. The van der Waals surface area contributed by atoms with Gasteiger partial charge in [0.25, 0.3) is 5.91 Å². The van der Waals surface area contributed by atoms with Crippen LogP contribution >= 0.6 is 0 Å². The van der Waals surface area contributed by atoms with Crippen LogP contribution in [0.25, 0.3) is 0 Å². The molecule has 3 N–H and O–H groups in total. The molecule has 126 valence electrons. The fourth-order valence-corrected chi connectivity index (χ4v) is 2.75. The van der Waals surface area contributed by atoms with Gasteiger partial charge < -0.3 is 15.6 Å². The summed E-state index contributed by atoms with van der Waals surface area (Å²) in [6, 6.07) is 6.94. The van der Waals surface area contributed by atoms with E-state index in [-0.39, 0.29) is 12.3 Å². The number of nitrogens with two attached hydrogens (primary N) is 1. The van der Waals surface area contributed by atoms with Gasteiger partial charge in [-0.05, 0) is 49.4 Å². The number of hydrogen-bond acceptors (Lipinski definition) is 5. The number of nitrogens with zero attached hydrogens (tertiary/aromatic N) is 2. The first-order chi connectivity index (χ1) is 11.5. The lowest BCUT2D eigenvalue weighted by Gasteiger charge is -2.23. The third-order valence-corrected chi connectivity index (χ3v) is 4.33. The van der Waals surface area contributed by atoms with Crippen LogP contribution in [0.3, 0.4) is 0 Å². The van der Waals surface area contributed by atoms with Crippen molar-refractivity contribution in [3.05, 3.63) is 53.5 Å². The molecule has 1 amide bonds. The Hall–Kier alpha value is -2.47. The van der Waals surface area contributed by atoms with E-state index in [9.17, 15) is 9.90 Å². The first-order valence-electron chi connectivity index (χ1n) is 7.99. The molecule has 0 bridgehead atoms. The summed E-state index contributed by atoms with van der Waals surface area (Å²) in [4.78, 5) is 20.0. The molecular weight excluding hydrogens is 306 g/mol. The zero-order valence-electron chi connectivity index (χ0n) is 13.6. The predicted molar refractivity (Wildman–Crippen MR) is 88.4 cm³/mol. The van der Waals surface area contributed by atoms with Gasteiger partial charge in [-0.3, -0.25) is 9.78 Å². The van der Waals surface area contributed by atoms with Crippen LogP contribution in [0.15, 0.2) is 36.7 Å². The number of carbonyl (C=O) groups excluding carboxylic acids is 1. The Morgan fingerprint density at radius 2 is 2.04 bits per heavy atom. The van der Waals surface area contributed by atoms with Gasteiger partial charge in [0.05, 0.1) is 16.9 Å². The van der Waals surface area contributed by atoms with Crippen molar-refractivity contribution in [2.45, 2.75) is 38.4 Å². The summed E-state index contributed by atoms with van der Waals surface area (Å²) in [5, 5.41) is 10.6. The van der Waals surface area contributed by atoms with Crippen LogP contribution in [0.2, 0.25) is 0 Å². The second-order valence-corrected chi connectivity index (χ2v) is 6.46. The molecule has 3 rings (SSSR count). The number of ether oxygens (including phenoxy) is 1. The quantitative estimate of drug-likeness (QED) is 0.809. The predicted octanol–water partition coefficient (Wildman–Crippen LogP) is 1.86. The molecule has 1 aliphatic rings. The average molecular weight is 327 g/mol. The van der Waals surface area contributed by atoms with Gasteiger partial charge in [0, 0.05) is 24.9 Å². The maximum atomic E-state index is 11.6. The van der Waals surface area contributed by atoms with Gasteiger partial charge >= 0.3 is 0 Å². The first kappa shape index (κ1) is 16.4. The van der Waals surface area contributed by atoms with E-state index >= 15 is 0 Å². The van der Waals surface area contributed by atoms with Crippen molar-refractivity contribution in [2.75, 3.05) is 0 Å². The smallest absolute Gasteiger partial charge is 0.250 e. The van der Waals surface area contributed by atoms with Crippen LogP contribution in [0.4, 0.5) is 0 Å². The van der Waals surface area contributed by atoms with Crippen LogP contribution in [-0.2, 0) is 13.0 Å². The number of rotatable bonds is 7. The fraction of sp³-hybridized carbons (Fsp3) is 0.389. The monoisotopic (exact) mass is 327 g/mol. The van der Waals surface area contributed by atoms with Gasteiger partial charge in [-0.1, -0.05) is 0 Å². The number of hydrogen-bond donors (Lipinski definition) is 2. The molecule has 1 aliphatic carbocycles. The van der Waals surface area contributed by atoms with Crippen LogP contribution in [0.5, 0.6) is 5.88 Å². The van der Waals surface area contributed by atoms with Crippen molar-refractivity contribution in [3.8, 4) is 5.88 Å². The molecule has 0 aromatic carbocycles. The van der Waals surface area contributed by atoms with Crippen molar-refractivity contribution in [1.82, 2.24) is 9.97 Å². The largest absolute Gasteiger partial charge is 0.473 e. The highest BCUT2D eigenvalue weighted by Gasteiger charge is 2.40. The summed E-state index contributed by atoms with van der Waals surface area (Å²) in [5.41, 5.74) is 6.32. The number of primary amides is 1. The minimum absolute atomic E-state index is 0.251. The third kappa shape index (κ3) is 3.89. The zero-order valence-corrected chi connectivity index (χ0v) is 13.6. The second-order valence-electron chi connectivity index (χ2n) is 6.46. The van der Waals surface area contributed by atoms with Gasteiger partial charge in [-0.15, -0.1) is 0 Å². The molecule has 1 saturated carbocycles. The number of aliphatic hydroxyl groups is 1. The van der Waals surface area contributed by atoms with E-state index in [1.165, 1.54) is 0 Å². The molecule has 0 unspecified atom stereocenters. The number of aromatic nitrogens is 2. The highest BCUT2D eigenvalue weighted by atomic mass is 16.5. The van der Waals surface area contributed by atoms with Gasteiger partial charge in [0.2, 0.25) is 5.88 Å².